The van der Waals surface area contributed by atoms with Gasteiger partial charge in [0.25, 0.3) is 0 Å². The number of hydrogen-bond donors (Lipinski definition) is 3. The summed E-state index contributed by atoms with van der Waals surface area (Å²) in [6, 6.07) is 0. The zero-order valence-electron chi connectivity index (χ0n) is 3.75. The van der Waals surface area contributed by atoms with Crippen molar-refractivity contribution in [2.75, 3.05) is 6.26 Å². The van der Waals surface area contributed by atoms with Gasteiger partial charge < -0.3 is 15.3 Å². The van der Waals surface area contributed by atoms with Crippen molar-refractivity contribution in [2.24, 2.45) is 0 Å². The SMILES string of the molecule is CS.O.O=[PH](O)O.[KH]. The van der Waals surface area contributed by atoms with E-state index in [4.69, 9.17) is 14.4 Å². The molecule has 0 fully saturated rings. The predicted molar refractivity (Wildman–Crippen MR) is 39.1 cm³/mol. The van der Waals surface area contributed by atoms with Gasteiger partial charge in [-0.2, -0.15) is 12.6 Å². The van der Waals surface area contributed by atoms with Crippen molar-refractivity contribution in [3.05, 3.63) is 0 Å². The molecule has 4 N–H and O–H groups in total. The molecular weight excluding hydrogens is 178 g/mol. The van der Waals surface area contributed by atoms with Crippen LogP contribution in [-0.4, -0.2) is 72.9 Å². The Bertz CT molecular complexity index is 39.0. The fourth-order valence-electron chi connectivity index (χ4n) is 0. The molecule has 0 aromatic rings. The van der Waals surface area contributed by atoms with Crippen molar-refractivity contribution in [3.63, 3.8) is 0 Å². The topological polar surface area (TPSA) is 89.0 Å². The Labute approximate surface area is 96.8 Å². The fourth-order valence-corrected chi connectivity index (χ4v) is 0. The van der Waals surface area contributed by atoms with E-state index in [1.54, 1.807) is 6.26 Å². The molecule has 0 saturated heterocycles. The molecule has 0 atom stereocenters. The summed E-state index contributed by atoms with van der Waals surface area (Å²) < 4.78 is 8.74. The van der Waals surface area contributed by atoms with Crippen LogP contribution in [0.25, 0.3) is 0 Å². The quantitative estimate of drug-likeness (QED) is 0.244. The normalized spacial score (nSPS) is 5.12. The first kappa shape index (κ1) is 22.5. The molecule has 0 spiro atoms. The Kier molecular flexibility index (Phi) is 64.5. The van der Waals surface area contributed by atoms with Gasteiger partial charge in [0.2, 0.25) is 0 Å². The Balaban J connectivity index is -0.0000000183. The molecule has 50 valence electrons. The second-order valence-electron chi connectivity index (χ2n) is 0.283. The van der Waals surface area contributed by atoms with Crippen molar-refractivity contribution < 1.29 is 19.8 Å². The van der Waals surface area contributed by atoms with E-state index in [-0.39, 0.29) is 56.9 Å². The van der Waals surface area contributed by atoms with E-state index in [1.165, 1.54) is 0 Å². The maximum atomic E-state index is 8.74. The Morgan fingerprint density at radius 2 is 1.38 bits per heavy atom. The summed E-state index contributed by atoms with van der Waals surface area (Å²) in [6.45, 7) is 0. The van der Waals surface area contributed by atoms with Crippen LogP contribution in [-0.2, 0) is 4.57 Å². The molecule has 0 heterocycles. The molecule has 0 radical (unpaired) electrons. The molecule has 0 aliphatic carbocycles. The Hall–Kier alpha value is 2.10. The third-order valence-electron chi connectivity index (χ3n) is 0. The first-order chi connectivity index (χ1) is 2.73. The summed E-state index contributed by atoms with van der Waals surface area (Å²) in [5.41, 5.74) is 0. The van der Waals surface area contributed by atoms with Crippen molar-refractivity contribution in [1.29, 1.82) is 0 Å². The van der Waals surface area contributed by atoms with Crippen molar-refractivity contribution in [3.8, 4) is 0 Å². The monoisotopic (exact) mass is 188 g/mol. The van der Waals surface area contributed by atoms with Crippen LogP contribution in [0.1, 0.15) is 0 Å². The molecular formula is CH10KO4PS. The zero-order chi connectivity index (χ0) is 5.58. The van der Waals surface area contributed by atoms with Crippen LogP contribution < -0.4 is 0 Å². The van der Waals surface area contributed by atoms with Crippen LogP contribution in [0.4, 0.5) is 0 Å². The van der Waals surface area contributed by atoms with Gasteiger partial charge in [0, 0.05) is 0 Å². The molecule has 0 amide bonds. The second kappa shape index (κ2) is 23.0. The molecule has 0 aromatic carbocycles. The van der Waals surface area contributed by atoms with Crippen LogP contribution in [0.15, 0.2) is 0 Å². The average molecular weight is 188 g/mol. The van der Waals surface area contributed by atoms with Crippen LogP contribution in [0, 0.1) is 0 Å². The molecule has 4 nitrogen and oxygen atoms in total. The van der Waals surface area contributed by atoms with Gasteiger partial charge in [-0.15, -0.1) is 0 Å². The van der Waals surface area contributed by atoms with Gasteiger partial charge in [-0.25, -0.2) is 0 Å². The number of rotatable bonds is 0. The fraction of sp³-hybridized carbons (Fsp3) is 1.00. The Morgan fingerprint density at radius 3 is 1.38 bits per heavy atom. The summed E-state index contributed by atoms with van der Waals surface area (Å²) in [5, 5.41) is 0. The molecule has 0 aliphatic heterocycles. The van der Waals surface area contributed by atoms with Gasteiger partial charge in [0.05, 0.1) is 0 Å². The van der Waals surface area contributed by atoms with E-state index < -0.39 is 8.25 Å². The van der Waals surface area contributed by atoms with Gasteiger partial charge in [0.15, 0.2) is 0 Å². The molecule has 0 bridgehead atoms. The first-order valence-electron chi connectivity index (χ1n) is 1.10. The van der Waals surface area contributed by atoms with Gasteiger partial charge in [-0.3, -0.25) is 4.57 Å². The van der Waals surface area contributed by atoms with Gasteiger partial charge in [0.1, 0.15) is 0 Å². The minimum atomic E-state index is -3.13. The van der Waals surface area contributed by atoms with Crippen LogP contribution in [0.3, 0.4) is 0 Å². The summed E-state index contributed by atoms with van der Waals surface area (Å²) in [6.07, 6.45) is 1.69. The zero-order valence-corrected chi connectivity index (χ0v) is 5.64. The summed E-state index contributed by atoms with van der Waals surface area (Å²) in [5.74, 6) is 0. The standard InChI is InChI=1S/CH4S.K.H3O3P.H2O.H/c1-2;;1-4(2)3;;/h2H,1H3;;4H,(H2,1,2,3);1H2;. The molecule has 0 aliphatic rings. The second-order valence-corrected chi connectivity index (χ2v) is 0.848. The Morgan fingerprint density at radius 1 is 1.38 bits per heavy atom. The van der Waals surface area contributed by atoms with Gasteiger partial charge in [-0.1, -0.05) is 0 Å². The van der Waals surface area contributed by atoms with Crippen LogP contribution in [0.2, 0.25) is 0 Å². The minimum absolute atomic E-state index is 0. The summed E-state index contributed by atoms with van der Waals surface area (Å²) in [7, 11) is -3.13. The molecule has 0 aromatic heterocycles. The van der Waals surface area contributed by atoms with E-state index in [0.717, 1.165) is 0 Å². The molecule has 8 heavy (non-hydrogen) atoms. The first-order valence-corrected chi connectivity index (χ1v) is 3.30. The average Bonchev–Trinajstić information content (AvgIpc) is 1.41. The predicted octanol–water partition coefficient (Wildman–Crippen LogP) is -1.57. The molecule has 0 unspecified atom stereocenters. The van der Waals surface area contributed by atoms with Crippen molar-refractivity contribution in [1.82, 2.24) is 0 Å². The van der Waals surface area contributed by atoms with Gasteiger partial charge in [-0.05, 0) is 6.26 Å². The van der Waals surface area contributed by atoms with Crippen molar-refractivity contribution >= 4 is 72.3 Å². The number of hydrogen-bond acceptors (Lipinski definition) is 2. The maximum absolute atomic E-state index is 8.74. The van der Waals surface area contributed by atoms with Crippen LogP contribution >= 0.6 is 20.9 Å². The van der Waals surface area contributed by atoms with Gasteiger partial charge >= 0.3 is 59.6 Å². The van der Waals surface area contributed by atoms with E-state index in [9.17, 15) is 0 Å². The third kappa shape index (κ3) is 92.8. The van der Waals surface area contributed by atoms with E-state index in [2.05, 4.69) is 12.6 Å². The number of thiol groups is 1. The molecule has 0 saturated carbocycles. The molecule has 7 heteroatoms. The molecule has 0 rings (SSSR count). The van der Waals surface area contributed by atoms with E-state index in [0.29, 0.717) is 0 Å². The van der Waals surface area contributed by atoms with E-state index in [1.807, 2.05) is 0 Å². The summed E-state index contributed by atoms with van der Waals surface area (Å²) >= 11 is 3.53. The van der Waals surface area contributed by atoms with Crippen LogP contribution in [0.5, 0.6) is 0 Å². The summed E-state index contributed by atoms with van der Waals surface area (Å²) in [4.78, 5) is 14.3. The third-order valence-corrected chi connectivity index (χ3v) is 0. The van der Waals surface area contributed by atoms with E-state index >= 15 is 0 Å². The van der Waals surface area contributed by atoms with Crippen molar-refractivity contribution in [2.45, 2.75) is 0 Å².